The highest BCUT2D eigenvalue weighted by Gasteiger charge is 2.49. The van der Waals surface area contributed by atoms with Crippen molar-refractivity contribution < 1.29 is 33.8 Å². The van der Waals surface area contributed by atoms with E-state index in [0.29, 0.717) is 11.9 Å². The first-order chi connectivity index (χ1) is 12.2. The molecule has 2 aromatic heterocycles. The predicted octanol–water partition coefficient (Wildman–Crippen LogP) is -0.694. The van der Waals surface area contributed by atoms with Gasteiger partial charge in [-0.2, -0.15) is 0 Å². The Hall–Kier alpha value is -1.66. The summed E-state index contributed by atoms with van der Waals surface area (Å²) in [6, 6.07) is 0. The monoisotopic (exact) mass is 389 g/mol. The van der Waals surface area contributed by atoms with Crippen LogP contribution in [0.15, 0.2) is 12.7 Å². The molecule has 0 aromatic carbocycles. The van der Waals surface area contributed by atoms with Gasteiger partial charge in [-0.3, -0.25) is 9.09 Å². The van der Waals surface area contributed by atoms with Crippen LogP contribution in [0.1, 0.15) is 26.0 Å². The molecule has 6 N–H and O–H groups in total. The summed E-state index contributed by atoms with van der Waals surface area (Å²) in [5.74, 6) is 0.145. The molecule has 13 heteroatoms. The van der Waals surface area contributed by atoms with Crippen LogP contribution in [0.5, 0.6) is 0 Å². The standard InChI is InChI=1S/C13H20N5O7P/c1-2-3-6(25-26(21,22)23)10-8(19)9(20)13(24-10)18-5-17-7-11(14)15-4-16-12(7)18/h4-6,8-10,13,19-20H,2-3H2,1H3,(H2,14,15,16)(H2,21,22,23)/t6-,8+,9-,10-,13?/m1/s1. The molecule has 2 aromatic rings. The number of phosphoric acid groups is 1. The number of fused-ring (bicyclic) bond motifs is 1. The summed E-state index contributed by atoms with van der Waals surface area (Å²) in [6.07, 6.45) is -2.88. The molecular formula is C13H20N5O7P. The van der Waals surface area contributed by atoms with Crippen LogP contribution in [-0.4, -0.2) is 63.9 Å². The van der Waals surface area contributed by atoms with Crippen LogP contribution in [0.25, 0.3) is 11.2 Å². The van der Waals surface area contributed by atoms with Crippen molar-refractivity contribution in [3.63, 3.8) is 0 Å². The van der Waals surface area contributed by atoms with Crippen LogP contribution in [-0.2, 0) is 13.8 Å². The lowest BCUT2D eigenvalue weighted by molar-refractivity contribution is -0.0829. The first kappa shape index (κ1) is 19.1. The Morgan fingerprint density at radius 1 is 1.35 bits per heavy atom. The second kappa shape index (κ2) is 7.16. The molecule has 0 aliphatic carbocycles. The number of aliphatic hydroxyl groups is 2. The van der Waals surface area contributed by atoms with Crippen molar-refractivity contribution in [3.05, 3.63) is 12.7 Å². The fourth-order valence-corrected chi connectivity index (χ4v) is 3.59. The normalized spacial score (nSPS) is 27.9. The molecule has 0 spiro atoms. The number of aliphatic hydroxyl groups excluding tert-OH is 2. The van der Waals surface area contributed by atoms with E-state index < -0.39 is 38.5 Å². The summed E-state index contributed by atoms with van der Waals surface area (Å²) < 4.78 is 23.0. The SMILES string of the molecule is CCC[C@@H](OP(=O)(O)O)[C@H]1OC(n2cnc3c(N)ncnc32)[C@H](O)[C@@H]1O. The molecule has 0 bridgehead atoms. The Morgan fingerprint density at radius 3 is 2.73 bits per heavy atom. The van der Waals surface area contributed by atoms with Crippen molar-refractivity contribution in [2.24, 2.45) is 0 Å². The average molecular weight is 389 g/mol. The molecule has 144 valence electrons. The molecule has 1 fully saturated rings. The van der Waals surface area contributed by atoms with Gasteiger partial charge < -0.3 is 30.5 Å². The molecule has 3 rings (SSSR count). The van der Waals surface area contributed by atoms with Gasteiger partial charge in [0.05, 0.1) is 12.4 Å². The van der Waals surface area contributed by atoms with Gasteiger partial charge in [-0.15, -0.1) is 0 Å². The van der Waals surface area contributed by atoms with E-state index in [-0.39, 0.29) is 17.9 Å². The Kier molecular flexibility index (Phi) is 5.26. The van der Waals surface area contributed by atoms with Crippen LogP contribution in [0, 0.1) is 0 Å². The number of nitrogen functional groups attached to an aromatic ring is 1. The molecule has 0 saturated carbocycles. The van der Waals surface area contributed by atoms with E-state index in [1.807, 2.05) is 0 Å². The molecule has 0 radical (unpaired) electrons. The van der Waals surface area contributed by atoms with Gasteiger partial charge in [-0.25, -0.2) is 19.5 Å². The molecule has 1 aliphatic rings. The second-order valence-electron chi connectivity index (χ2n) is 5.98. The predicted molar refractivity (Wildman–Crippen MR) is 87.5 cm³/mol. The van der Waals surface area contributed by atoms with Crippen LogP contribution >= 0.6 is 7.82 Å². The van der Waals surface area contributed by atoms with Crippen molar-refractivity contribution in [2.75, 3.05) is 5.73 Å². The maximum Gasteiger partial charge on any atom is 0.469 e. The van der Waals surface area contributed by atoms with Gasteiger partial charge in [0, 0.05) is 0 Å². The highest BCUT2D eigenvalue weighted by Crippen LogP contribution is 2.43. The summed E-state index contributed by atoms with van der Waals surface area (Å²) in [4.78, 5) is 30.1. The molecular weight excluding hydrogens is 369 g/mol. The van der Waals surface area contributed by atoms with Crippen LogP contribution < -0.4 is 5.73 Å². The van der Waals surface area contributed by atoms with Crippen LogP contribution in [0.4, 0.5) is 5.82 Å². The van der Waals surface area contributed by atoms with Crippen molar-refractivity contribution in [3.8, 4) is 0 Å². The average Bonchev–Trinajstić information content (AvgIpc) is 3.09. The molecule has 1 saturated heterocycles. The molecule has 0 amide bonds. The number of hydrogen-bond acceptors (Lipinski definition) is 9. The third-order valence-electron chi connectivity index (χ3n) is 4.15. The maximum absolute atomic E-state index is 11.2. The number of ether oxygens (including phenoxy) is 1. The van der Waals surface area contributed by atoms with E-state index >= 15 is 0 Å². The zero-order valence-corrected chi connectivity index (χ0v) is 14.7. The largest absolute Gasteiger partial charge is 0.469 e. The van der Waals surface area contributed by atoms with Crippen molar-refractivity contribution in [1.29, 1.82) is 0 Å². The highest BCUT2D eigenvalue weighted by molar-refractivity contribution is 7.46. The van der Waals surface area contributed by atoms with Gasteiger partial charge in [0.1, 0.15) is 30.2 Å². The third-order valence-corrected chi connectivity index (χ3v) is 4.69. The van der Waals surface area contributed by atoms with E-state index in [2.05, 4.69) is 15.0 Å². The Morgan fingerprint density at radius 2 is 2.08 bits per heavy atom. The van der Waals surface area contributed by atoms with Crippen LogP contribution in [0.3, 0.4) is 0 Å². The minimum atomic E-state index is -4.80. The van der Waals surface area contributed by atoms with Gasteiger partial charge in [0.15, 0.2) is 17.7 Å². The van der Waals surface area contributed by atoms with Crippen molar-refractivity contribution in [1.82, 2.24) is 19.5 Å². The summed E-state index contributed by atoms with van der Waals surface area (Å²) >= 11 is 0. The van der Waals surface area contributed by atoms with E-state index in [1.54, 1.807) is 6.92 Å². The third kappa shape index (κ3) is 3.58. The lowest BCUT2D eigenvalue weighted by atomic mass is 10.0. The molecule has 3 heterocycles. The van der Waals surface area contributed by atoms with E-state index in [9.17, 15) is 14.8 Å². The van der Waals surface area contributed by atoms with E-state index in [1.165, 1.54) is 17.2 Å². The van der Waals surface area contributed by atoms with E-state index in [4.69, 9.17) is 24.8 Å². The number of nitrogens with zero attached hydrogens (tertiary/aromatic N) is 4. The second-order valence-corrected chi connectivity index (χ2v) is 7.17. The zero-order chi connectivity index (χ0) is 19.1. The number of aromatic nitrogens is 4. The molecule has 12 nitrogen and oxygen atoms in total. The molecule has 1 aliphatic heterocycles. The smallest absolute Gasteiger partial charge is 0.387 e. The molecule has 26 heavy (non-hydrogen) atoms. The fraction of sp³-hybridized carbons (Fsp3) is 0.615. The Bertz CT molecular complexity index is 826. The summed E-state index contributed by atoms with van der Waals surface area (Å²) in [6.45, 7) is 1.79. The maximum atomic E-state index is 11.2. The van der Waals surface area contributed by atoms with Crippen molar-refractivity contribution >= 4 is 24.8 Å². The minimum absolute atomic E-state index is 0.145. The minimum Gasteiger partial charge on any atom is -0.387 e. The lowest BCUT2D eigenvalue weighted by Crippen LogP contribution is -2.39. The van der Waals surface area contributed by atoms with Gasteiger partial charge in [-0.05, 0) is 6.42 Å². The summed E-state index contributed by atoms with van der Waals surface area (Å²) in [7, 11) is -4.80. The summed E-state index contributed by atoms with van der Waals surface area (Å²) in [5, 5.41) is 20.7. The lowest BCUT2D eigenvalue weighted by Gasteiger charge is -2.25. The first-order valence-electron chi connectivity index (χ1n) is 7.91. The number of nitrogens with two attached hydrogens (primary N) is 1. The highest BCUT2D eigenvalue weighted by atomic mass is 31.2. The number of imidazole rings is 1. The van der Waals surface area contributed by atoms with Gasteiger partial charge >= 0.3 is 7.82 Å². The Balaban J connectivity index is 1.91. The van der Waals surface area contributed by atoms with Gasteiger partial charge in [0.2, 0.25) is 0 Å². The zero-order valence-electron chi connectivity index (χ0n) is 13.8. The fourth-order valence-electron chi connectivity index (χ4n) is 3.02. The number of hydrogen-bond donors (Lipinski definition) is 5. The van der Waals surface area contributed by atoms with Crippen LogP contribution in [0.2, 0.25) is 0 Å². The summed E-state index contributed by atoms with van der Waals surface area (Å²) in [5.41, 5.74) is 6.32. The number of phosphoric ester groups is 1. The number of rotatable bonds is 6. The molecule has 1 unspecified atom stereocenters. The quantitative estimate of drug-likeness (QED) is 0.393. The Labute approximate surface area is 147 Å². The van der Waals surface area contributed by atoms with Gasteiger partial charge in [0.25, 0.3) is 0 Å². The topological polar surface area (TPSA) is 186 Å². The first-order valence-corrected chi connectivity index (χ1v) is 9.44. The molecule has 5 atom stereocenters. The van der Waals surface area contributed by atoms with E-state index in [0.717, 1.165) is 0 Å². The van der Waals surface area contributed by atoms with Crippen molar-refractivity contribution in [2.45, 2.75) is 50.4 Å². The van der Waals surface area contributed by atoms with Gasteiger partial charge in [-0.1, -0.05) is 13.3 Å². The number of anilines is 1.